The minimum Gasteiger partial charge on any atom is -0.392 e. The van der Waals surface area contributed by atoms with Crippen LogP contribution in [0.1, 0.15) is 58.4 Å². The van der Waals surface area contributed by atoms with E-state index in [0.29, 0.717) is 17.4 Å². The van der Waals surface area contributed by atoms with Crippen molar-refractivity contribution in [2.75, 3.05) is 6.61 Å². The summed E-state index contributed by atoms with van der Waals surface area (Å²) in [5.74, 6) is 2.50. The Morgan fingerprint density at radius 3 is 2.69 bits per heavy atom. The molecule has 4 rings (SSSR count). The van der Waals surface area contributed by atoms with Crippen LogP contribution in [0.2, 0.25) is 5.02 Å². The number of rotatable bonds is 4. The van der Waals surface area contributed by atoms with E-state index in [-0.39, 0.29) is 0 Å². The van der Waals surface area contributed by atoms with E-state index in [0.717, 1.165) is 28.3 Å². The first-order valence-electron chi connectivity index (χ1n) is 10.0. The molecule has 0 aromatic heterocycles. The topological polar surface area (TPSA) is 21.6 Å². The van der Waals surface area contributed by atoms with Gasteiger partial charge in [-0.3, -0.25) is 0 Å². The zero-order chi connectivity index (χ0) is 18.4. The van der Waals surface area contributed by atoms with Crippen LogP contribution in [0.15, 0.2) is 41.1 Å². The summed E-state index contributed by atoms with van der Waals surface area (Å²) in [6, 6.07) is 7.62. The molecule has 4 atom stereocenters. The summed E-state index contributed by atoms with van der Waals surface area (Å²) < 4.78 is 0. The second kappa shape index (κ2) is 6.71. The fraction of sp³-hybridized carbons (Fsp3) is 0.609. The molecule has 0 N–H and O–H groups in total. The van der Waals surface area contributed by atoms with E-state index in [4.69, 9.17) is 16.4 Å². The van der Waals surface area contributed by atoms with Crippen LogP contribution in [-0.2, 0) is 4.84 Å². The first kappa shape index (κ1) is 18.1. The van der Waals surface area contributed by atoms with Crippen molar-refractivity contribution in [3.63, 3.8) is 0 Å². The molecule has 0 radical (unpaired) electrons. The molecule has 0 heterocycles. The largest absolute Gasteiger partial charge is 0.392 e. The highest BCUT2D eigenvalue weighted by molar-refractivity contribution is 6.30. The minimum absolute atomic E-state index is 0.393. The summed E-state index contributed by atoms with van der Waals surface area (Å²) in [4.78, 5) is 5.57. The van der Waals surface area contributed by atoms with Gasteiger partial charge in [-0.05, 0) is 78.0 Å². The molecule has 140 valence electrons. The molecule has 0 unspecified atom stereocenters. The second-order valence-corrected chi connectivity index (χ2v) is 9.75. The SMILES string of the molecule is CC1(C)CCC[C@]2(C)/C(=C\CO/N=C/c3ccc(Cl)cc3)[C@H]3CC[C@@H]2[C@@H]31. The monoisotopic (exact) mass is 371 g/mol. The summed E-state index contributed by atoms with van der Waals surface area (Å²) in [6.45, 7) is 8.11. The summed E-state index contributed by atoms with van der Waals surface area (Å²) in [5, 5.41) is 4.88. The summed E-state index contributed by atoms with van der Waals surface area (Å²) in [6.07, 6.45) is 11.0. The molecule has 3 heteroatoms. The average molecular weight is 372 g/mol. The van der Waals surface area contributed by atoms with Crippen molar-refractivity contribution >= 4 is 17.8 Å². The van der Waals surface area contributed by atoms with Crippen molar-refractivity contribution in [1.82, 2.24) is 0 Å². The zero-order valence-corrected chi connectivity index (χ0v) is 16.9. The molecule has 1 aromatic rings. The lowest BCUT2D eigenvalue weighted by molar-refractivity contribution is 0.141. The van der Waals surface area contributed by atoms with Gasteiger partial charge >= 0.3 is 0 Å². The Balaban J connectivity index is 1.45. The van der Waals surface area contributed by atoms with Gasteiger partial charge in [0.05, 0.1) is 6.21 Å². The summed E-state index contributed by atoms with van der Waals surface area (Å²) >= 11 is 5.90. The van der Waals surface area contributed by atoms with Crippen molar-refractivity contribution in [2.45, 2.75) is 52.9 Å². The lowest BCUT2D eigenvalue weighted by Crippen LogP contribution is -2.28. The van der Waals surface area contributed by atoms with Gasteiger partial charge in [0.2, 0.25) is 0 Å². The number of hydrogen-bond acceptors (Lipinski definition) is 2. The molecule has 0 saturated heterocycles. The fourth-order valence-electron chi connectivity index (χ4n) is 6.40. The zero-order valence-electron chi connectivity index (χ0n) is 16.2. The maximum atomic E-state index is 5.90. The molecule has 26 heavy (non-hydrogen) atoms. The van der Waals surface area contributed by atoms with Gasteiger partial charge in [-0.25, -0.2) is 0 Å². The molecule has 3 aliphatic rings. The number of halogens is 1. The van der Waals surface area contributed by atoms with Crippen LogP contribution < -0.4 is 0 Å². The van der Waals surface area contributed by atoms with Crippen molar-refractivity contribution in [1.29, 1.82) is 0 Å². The Morgan fingerprint density at radius 1 is 1.15 bits per heavy atom. The van der Waals surface area contributed by atoms with E-state index in [2.05, 4.69) is 32.0 Å². The minimum atomic E-state index is 0.393. The number of benzene rings is 1. The third-order valence-corrected chi connectivity index (χ3v) is 7.73. The molecule has 0 amide bonds. The van der Waals surface area contributed by atoms with Crippen molar-refractivity contribution < 1.29 is 4.84 Å². The van der Waals surface area contributed by atoms with E-state index in [1.54, 1.807) is 11.8 Å². The average Bonchev–Trinajstić information content (AvgIpc) is 3.10. The maximum Gasteiger partial charge on any atom is 0.135 e. The van der Waals surface area contributed by atoms with E-state index < -0.39 is 0 Å². The molecule has 3 fully saturated rings. The molecule has 0 aliphatic heterocycles. The first-order chi connectivity index (χ1) is 12.4. The Morgan fingerprint density at radius 2 is 1.92 bits per heavy atom. The van der Waals surface area contributed by atoms with E-state index in [1.165, 1.54) is 32.1 Å². The number of hydrogen-bond donors (Lipinski definition) is 0. The highest BCUT2D eigenvalue weighted by Gasteiger charge is 2.62. The number of nitrogens with zero attached hydrogens (tertiary/aromatic N) is 1. The lowest BCUT2D eigenvalue weighted by atomic mass is 9.68. The quantitative estimate of drug-likeness (QED) is 0.256. The van der Waals surface area contributed by atoms with Crippen LogP contribution >= 0.6 is 11.6 Å². The number of oxime groups is 1. The van der Waals surface area contributed by atoms with Gasteiger partial charge in [0.25, 0.3) is 0 Å². The highest BCUT2D eigenvalue weighted by Crippen LogP contribution is 2.70. The van der Waals surface area contributed by atoms with E-state index in [1.807, 2.05) is 24.3 Å². The van der Waals surface area contributed by atoms with Crippen LogP contribution in [0.25, 0.3) is 0 Å². The Labute approximate surface area is 162 Å². The van der Waals surface area contributed by atoms with Gasteiger partial charge in [0, 0.05) is 5.02 Å². The van der Waals surface area contributed by atoms with Crippen LogP contribution in [0, 0.1) is 28.6 Å². The van der Waals surface area contributed by atoms with Crippen molar-refractivity contribution in [2.24, 2.45) is 33.7 Å². The van der Waals surface area contributed by atoms with Crippen LogP contribution in [0.3, 0.4) is 0 Å². The van der Waals surface area contributed by atoms with Gasteiger partial charge in [-0.1, -0.05) is 61.7 Å². The second-order valence-electron chi connectivity index (χ2n) is 9.32. The Hall–Kier alpha value is -1.28. The molecule has 0 spiro atoms. The third kappa shape index (κ3) is 3.01. The molecule has 3 aliphatic carbocycles. The van der Waals surface area contributed by atoms with Crippen molar-refractivity contribution in [3.05, 3.63) is 46.5 Å². The van der Waals surface area contributed by atoms with Gasteiger partial charge in [-0.2, -0.15) is 0 Å². The predicted octanol–water partition coefficient (Wildman–Crippen LogP) is 6.49. The predicted molar refractivity (Wildman–Crippen MR) is 109 cm³/mol. The maximum absolute atomic E-state index is 5.90. The van der Waals surface area contributed by atoms with Crippen LogP contribution in [0.4, 0.5) is 0 Å². The molecular formula is C23H30ClNO. The molecule has 1 aromatic carbocycles. The Kier molecular flexibility index (Phi) is 4.67. The van der Waals surface area contributed by atoms with Gasteiger partial charge < -0.3 is 4.84 Å². The Bertz CT molecular complexity index is 720. The lowest BCUT2D eigenvalue weighted by Gasteiger charge is -2.36. The molecule has 2 nitrogen and oxygen atoms in total. The standard InChI is InChI=1S/C23H30ClNO/c1-22(2)12-4-13-23(3)19(18-9-10-20(23)21(18)22)11-14-26-25-15-16-5-7-17(24)8-6-16/h5-8,11,15,18,20-21H,4,9-10,12-14H2,1-3H3/b19-11-,25-15+/t18-,20-,21-,23-/m1/s1. The van der Waals surface area contributed by atoms with Crippen LogP contribution in [0.5, 0.6) is 0 Å². The molecular weight excluding hydrogens is 342 g/mol. The first-order valence-corrected chi connectivity index (χ1v) is 10.4. The smallest absolute Gasteiger partial charge is 0.135 e. The van der Waals surface area contributed by atoms with Crippen LogP contribution in [-0.4, -0.2) is 12.8 Å². The van der Waals surface area contributed by atoms with E-state index >= 15 is 0 Å². The molecule has 3 saturated carbocycles. The summed E-state index contributed by atoms with van der Waals surface area (Å²) in [5.41, 5.74) is 3.55. The number of allylic oxidation sites excluding steroid dienone is 1. The fourth-order valence-corrected chi connectivity index (χ4v) is 6.52. The normalized spacial score (nSPS) is 36.6. The van der Waals surface area contributed by atoms with E-state index in [9.17, 15) is 0 Å². The van der Waals surface area contributed by atoms with Gasteiger partial charge in [0.1, 0.15) is 6.61 Å². The third-order valence-electron chi connectivity index (χ3n) is 7.48. The van der Waals surface area contributed by atoms with Crippen molar-refractivity contribution in [3.8, 4) is 0 Å². The highest BCUT2D eigenvalue weighted by atomic mass is 35.5. The summed E-state index contributed by atoms with van der Waals surface area (Å²) in [7, 11) is 0. The van der Waals surface area contributed by atoms with Gasteiger partial charge in [-0.15, -0.1) is 0 Å². The molecule has 4 bridgehead atoms. The van der Waals surface area contributed by atoms with Gasteiger partial charge in [0.15, 0.2) is 0 Å².